The summed E-state index contributed by atoms with van der Waals surface area (Å²) in [5.41, 5.74) is 4.27. The molecule has 0 saturated heterocycles. The first-order chi connectivity index (χ1) is 11.1. The van der Waals surface area contributed by atoms with E-state index in [1.165, 1.54) is 0 Å². The molecule has 0 atom stereocenters. The third kappa shape index (κ3) is 2.68. The molecule has 23 heavy (non-hydrogen) atoms. The number of aromatic amines is 1. The van der Waals surface area contributed by atoms with Crippen molar-refractivity contribution in [2.45, 2.75) is 39.7 Å². The fourth-order valence-electron chi connectivity index (χ4n) is 3.14. The molecular formula is C18H20ClN3O. The van der Waals surface area contributed by atoms with Gasteiger partial charge in [0.1, 0.15) is 0 Å². The number of hydrogen-bond acceptors (Lipinski definition) is 2. The Bertz CT molecular complexity index is 906. The second-order valence-corrected chi connectivity index (χ2v) is 6.23. The zero-order chi connectivity index (χ0) is 16.6. The van der Waals surface area contributed by atoms with Gasteiger partial charge in [-0.1, -0.05) is 55.3 Å². The summed E-state index contributed by atoms with van der Waals surface area (Å²) in [6, 6.07) is 8.26. The third-order valence-electron chi connectivity index (χ3n) is 4.31. The first-order valence-corrected chi connectivity index (χ1v) is 8.30. The fourth-order valence-corrected chi connectivity index (χ4v) is 3.39. The maximum atomic E-state index is 12.5. The maximum Gasteiger partial charge on any atom is 0.327 e. The van der Waals surface area contributed by atoms with Crippen molar-refractivity contribution >= 4 is 22.8 Å². The summed E-state index contributed by atoms with van der Waals surface area (Å²) < 4.78 is 1.81. The van der Waals surface area contributed by atoms with Crippen molar-refractivity contribution < 1.29 is 0 Å². The lowest BCUT2D eigenvalue weighted by Crippen LogP contribution is -2.21. The Labute approximate surface area is 140 Å². The molecule has 1 aromatic carbocycles. The van der Waals surface area contributed by atoms with Gasteiger partial charge in [0.05, 0.1) is 10.5 Å². The summed E-state index contributed by atoms with van der Waals surface area (Å²) in [5.74, 6) is 0. The molecule has 3 rings (SSSR count). The van der Waals surface area contributed by atoms with Crippen LogP contribution in [-0.2, 0) is 0 Å². The normalized spacial score (nSPS) is 11.5. The van der Waals surface area contributed by atoms with Crippen LogP contribution < -0.4 is 5.69 Å². The Kier molecular flexibility index (Phi) is 4.26. The van der Waals surface area contributed by atoms with Crippen molar-refractivity contribution in [2.24, 2.45) is 0 Å². The predicted molar refractivity (Wildman–Crippen MR) is 95.2 cm³/mol. The van der Waals surface area contributed by atoms with Gasteiger partial charge in [-0.3, -0.25) is 9.55 Å². The van der Waals surface area contributed by atoms with Gasteiger partial charge in [-0.05, 0) is 25.3 Å². The summed E-state index contributed by atoms with van der Waals surface area (Å²) in [5, 5.41) is 0.557. The Balaban J connectivity index is 2.41. The molecule has 2 heterocycles. The number of imidazole rings is 1. The number of nitrogens with zero attached hydrogens (tertiary/aromatic N) is 2. The number of aryl methyl sites for hydroxylation is 1. The average Bonchev–Trinajstić information content (AvgIpc) is 2.85. The predicted octanol–water partition coefficient (Wildman–Crippen LogP) is 4.71. The number of halogens is 1. The van der Waals surface area contributed by atoms with Gasteiger partial charge in [-0.25, -0.2) is 9.78 Å². The van der Waals surface area contributed by atoms with Crippen LogP contribution in [0.3, 0.4) is 0 Å². The van der Waals surface area contributed by atoms with E-state index in [4.69, 9.17) is 11.6 Å². The maximum absolute atomic E-state index is 12.5. The molecule has 0 amide bonds. The molecule has 4 nitrogen and oxygen atoms in total. The van der Waals surface area contributed by atoms with Crippen molar-refractivity contribution in [3.05, 3.63) is 51.5 Å². The van der Waals surface area contributed by atoms with Gasteiger partial charge in [0.25, 0.3) is 0 Å². The molecule has 5 heteroatoms. The highest BCUT2D eigenvalue weighted by Crippen LogP contribution is 2.35. The van der Waals surface area contributed by atoms with E-state index >= 15 is 0 Å². The monoisotopic (exact) mass is 329 g/mol. The number of hydrogen-bond donors (Lipinski definition) is 1. The second kappa shape index (κ2) is 6.20. The first kappa shape index (κ1) is 15.8. The highest BCUT2D eigenvalue weighted by molar-refractivity contribution is 6.34. The van der Waals surface area contributed by atoms with E-state index in [0.717, 1.165) is 35.0 Å². The lowest BCUT2D eigenvalue weighted by molar-refractivity contribution is 0.472. The van der Waals surface area contributed by atoms with E-state index in [-0.39, 0.29) is 11.7 Å². The topological polar surface area (TPSA) is 50.7 Å². The summed E-state index contributed by atoms with van der Waals surface area (Å²) in [6.45, 7) is 6.22. The molecule has 0 bridgehead atoms. The number of nitrogens with one attached hydrogen (secondary N) is 1. The van der Waals surface area contributed by atoms with Crippen LogP contribution in [0.25, 0.3) is 22.3 Å². The van der Waals surface area contributed by atoms with E-state index in [2.05, 4.69) is 29.9 Å². The molecule has 120 valence electrons. The number of pyridine rings is 1. The highest BCUT2D eigenvalue weighted by Gasteiger charge is 2.20. The lowest BCUT2D eigenvalue weighted by Gasteiger charge is -2.17. The van der Waals surface area contributed by atoms with Crippen molar-refractivity contribution in [3.63, 3.8) is 0 Å². The summed E-state index contributed by atoms with van der Waals surface area (Å²) in [6.07, 6.45) is 3.36. The van der Waals surface area contributed by atoms with Crippen LogP contribution in [0.15, 0.2) is 35.3 Å². The van der Waals surface area contributed by atoms with E-state index in [9.17, 15) is 4.79 Å². The Morgan fingerprint density at radius 2 is 2.04 bits per heavy atom. The molecule has 0 saturated carbocycles. The standard InChI is InChI=1S/C18H20ClN3O/c1-4-13(5-2)22-16-15(12-8-6-7-11(3)9-12)14(19)10-20-17(16)21-18(22)23/h6-10,13H,4-5H2,1-3H3,(H,20,21,23). The Morgan fingerprint density at radius 3 is 2.70 bits per heavy atom. The average molecular weight is 330 g/mol. The number of benzene rings is 1. The smallest absolute Gasteiger partial charge is 0.290 e. The number of H-pyrrole nitrogens is 1. The molecule has 0 unspecified atom stereocenters. The zero-order valence-corrected chi connectivity index (χ0v) is 14.3. The molecule has 0 fully saturated rings. The number of rotatable bonds is 4. The largest absolute Gasteiger partial charge is 0.327 e. The molecule has 2 aromatic heterocycles. The summed E-state index contributed by atoms with van der Waals surface area (Å²) >= 11 is 6.47. The van der Waals surface area contributed by atoms with Crippen molar-refractivity contribution in [3.8, 4) is 11.1 Å². The van der Waals surface area contributed by atoms with Crippen molar-refractivity contribution in [2.75, 3.05) is 0 Å². The molecule has 0 radical (unpaired) electrons. The van der Waals surface area contributed by atoms with Crippen LogP contribution in [0, 0.1) is 6.92 Å². The van der Waals surface area contributed by atoms with E-state index < -0.39 is 0 Å². The van der Waals surface area contributed by atoms with Crippen LogP contribution in [-0.4, -0.2) is 14.5 Å². The Hall–Kier alpha value is -2.07. The van der Waals surface area contributed by atoms with Crippen LogP contribution in [0.5, 0.6) is 0 Å². The molecular weight excluding hydrogens is 310 g/mol. The Morgan fingerprint density at radius 1 is 1.30 bits per heavy atom. The third-order valence-corrected chi connectivity index (χ3v) is 4.59. The molecule has 0 spiro atoms. The first-order valence-electron chi connectivity index (χ1n) is 7.92. The van der Waals surface area contributed by atoms with Gasteiger partial charge < -0.3 is 0 Å². The molecule has 0 aliphatic carbocycles. The number of fused-ring (bicyclic) bond motifs is 1. The van der Waals surface area contributed by atoms with Crippen molar-refractivity contribution in [1.29, 1.82) is 0 Å². The minimum absolute atomic E-state index is 0.125. The number of aromatic nitrogens is 3. The van der Waals surface area contributed by atoms with Gasteiger partial charge in [-0.15, -0.1) is 0 Å². The van der Waals surface area contributed by atoms with Crippen LogP contribution >= 0.6 is 11.6 Å². The molecule has 1 N–H and O–H groups in total. The van der Waals surface area contributed by atoms with E-state index in [0.29, 0.717) is 10.7 Å². The molecule has 0 aliphatic heterocycles. The highest BCUT2D eigenvalue weighted by atomic mass is 35.5. The minimum Gasteiger partial charge on any atom is -0.290 e. The molecule has 0 aliphatic rings. The second-order valence-electron chi connectivity index (χ2n) is 5.82. The SMILES string of the molecule is CCC(CC)n1c(=O)[nH]c2ncc(Cl)c(-c3cccc(C)c3)c21. The van der Waals surface area contributed by atoms with Crippen LogP contribution in [0.1, 0.15) is 38.3 Å². The van der Waals surface area contributed by atoms with Gasteiger partial charge in [0, 0.05) is 17.8 Å². The van der Waals surface area contributed by atoms with E-state index in [1.807, 2.05) is 29.7 Å². The fraction of sp³-hybridized carbons (Fsp3) is 0.333. The van der Waals surface area contributed by atoms with Crippen molar-refractivity contribution in [1.82, 2.24) is 14.5 Å². The molecule has 3 aromatic rings. The van der Waals surface area contributed by atoms with E-state index in [1.54, 1.807) is 6.20 Å². The lowest BCUT2D eigenvalue weighted by atomic mass is 10.0. The minimum atomic E-state index is -0.127. The summed E-state index contributed by atoms with van der Waals surface area (Å²) in [4.78, 5) is 19.7. The van der Waals surface area contributed by atoms with Gasteiger partial charge in [0.15, 0.2) is 5.65 Å². The van der Waals surface area contributed by atoms with Gasteiger partial charge in [0.2, 0.25) is 0 Å². The van der Waals surface area contributed by atoms with Crippen LogP contribution in [0.4, 0.5) is 0 Å². The quantitative estimate of drug-likeness (QED) is 0.753. The summed E-state index contributed by atoms with van der Waals surface area (Å²) in [7, 11) is 0. The van der Waals surface area contributed by atoms with Gasteiger partial charge in [-0.2, -0.15) is 0 Å². The van der Waals surface area contributed by atoms with Crippen LogP contribution in [0.2, 0.25) is 5.02 Å². The van der Waals surface area contributed by atoms with Gasteiger partial charge >= 0.3 is 5.69 Å². The zero-order valence-electron chi connectivity index (χ0n) is 13.6.